The second-order valence-electron chi connectivity index (χ2n) is 5.09. The Bertz CT molecular complexity index is 875. The summed E-state index contributed by atoms with van der Waals surface area (Å²) in [5.41, 5.74) is 1.49. The Labute approximate surface area is 144 Å². The van der Waals surface area contributed by atoms with Crippen molar-refractivity contribution >= 4 is 23.2 Å². The van der Waals surface area contributed by atoms with E-state index in [4.69, 9.17) is 20.8 Å². The maximum absolute atomic E-state index is 12.5. The molecule has 1 heterocycles. The predicted molar refractivity (Wildman–Crippen MR) is 92.6 cm³/mol. The van der Waals surface area contributed by atoms with Gasteiger partial charge in [-0.25, -0.2) is 4.98 Å². The van der Waals surface area contributed by atoms with Crippen LogP contribution in [0.2, 0.25) is 5.02 Å². The Hall–Kier alpha value is -2.79. The number of aromatic nitrogens is 1. The number of nitrogens with zero attached hydrogens (tertiary/aromatic N) is 1. The summed E-state index contributed by atoms with van der Waals surface area (Å²) < 4.78 is 10.8. The lowest BCUT2D eigenvalue weighted by Gasteiger charge is -2.09. The molecule has 122 valence electrons. The summed E-state index contributed by atoms with van der Waals surface area (Å²) in [6.45, 7) is 1.70. The van der Waals surface area contributed by atoms with Gasteiger partial charge in [-0.15, -0.1) is 0 Å². The van der Waals surface area contributed by atoms with Crippen LogP contribution < -0.4 is 10.1 Å². The molecule has 3 rings (SSSR count). The fraction of sp³-hybridized carbons (Fsp3) is 0.111. The number of halogens is 1. The maximum Gasteiger partial charge on any atom is 0.278 e. The number of amides is 1. The number of carbonyl (C=O) groups excluding carboxylic acids is 1. The standard InChI is InChI=1S/C18H15ClN2O3/c1-11-16(21-18(24-11)12-6-4-3-5-7-12)17(22)20-14-10-13(19)8-9-15(14)23-2/h3-10H,1-2H3,(H,20,22). The van der Waals surface area contributed by atoms with Gasteiger partial charge in [0.1, 0.15) is 11.5 Å². The van der Waals surface area contributed by atoms with E-state index < -0.39 is 0 Å². The van der Waals surface area contributed by atoms with Gasteiger partial charge in [0, 0.05) is 10.6 Å². The first kappa shape index (κ1) is 16.1. The van der Waals surface area contributed by atoms with Gasteiger partial charge in [-0.3, -0.25) is 4.79 Å². The molecule has 6 heteroatoms. The van der Waals surface area contributed by atoms with E-state index in [1.165, 1.54) is 7.11 Å². The minimum atomic E-state index is -0.390. The normalized spacial score (nSPS) is 10.5. The summed E-state index contributed by atoms with van der Waals surface area (Å²) in [5, 5.41) is 3.25. The number of anilines is 1. The van der Waals surface area contributed by atoms with Crippen molar-refractivity contribution in [1.29, 1.82) is 0 Å². The fourth-order valence-corrected chi connectivity index (χ4v) is 2.44. The summed E-state index contributed by atoms with van der Waals surface area (Å²) in [7, 11) is 1.52. The van der Waals surface area contributed by atoms with Crippen molar-refractivity contribution in [2.24, 2.45) is 0 Å². The molecule has 0 saturated carbocycles. The predicted octanol–water partition coefficient (Wildman–Crippen LogP) is 4.56. The lowest BCUT2D eigenvalue weighted by Crippen LogP contribution is -2.14. The van der Waals surface area contributed by atoms with E-state index in [1.54, 1.807) is 25.1 Å². The average molecular weight is 343 g/mol. The molecule has 0 saturated heterocycles. The molecule has 24 heavy (non-hydrogen) atoms. The molecule has 0 radical (unpaired) electrons. The van der Waals surface area contributed by atoms with E-state index >= 15 is 0 Å². The first-order valence-electron chi connectivity index (χ1n) is 7.26. The van der Waals surface area contributed by atoms with E-state index in [1.807, 2.05) is 30.3 Å². The summed E-state index contributed by atoms with van der Waals surface area (Å²) in [4.78, 5) is 16.8. The van der Waals surface area contributed by atoms with Crippen molar-refractivity contribution < 1.29 is 13.9 Å². The van der Waals surface area contributed by atoms with Crippen molar-refractivity contribution in [3.63, 3.8) is 0 Å². The monoisotopic (exact) mass is 342 g/mol. The van der Waals surface area contributed by atoms with Crippen LogP contribution >= 0.6 is 11.6 Å². The molecule has 2 aromatic carbocycles. The highest BCUT2D eigenvalue weighted by Crippen LogP contribution is 2.29. The number of oxazole rings is 1. The number of ether oxygens (including phenoxy) is 1. The molecule has 1 aromatic heterocycles. The van der Waals surface area contributed by atoms with Crippen LogP contribution in [-0.2, 0) is 0 Å². The summed E-state index contributed by atoms with van der Waals surface area (Å²) in [6, 6.07) is 14.4. The second kappa shape index (κ2) is 6.76. The number of aryl methyl sites for hydroxylation is 1. The lowest BCUT2D eigenvalue weighted by molar-refractivity contribution is 0.102. The second-order valence-corrected chi connectivity index (χ2v) is 5.53. The van der Waals surface area contributed by atoms with Gasteiger partial charge in [0.15, 0.2) is 5.69 Å². The topological polar surface area (TPSA) is 64.4 Å². The van der Waals surface area contributed by atoms with Crippen molar-refractivity contribution in [3.05, 3.63) is 65.0 Å². The smallest absolute Gasteiger partial charge is 0.278 e. The third-order valence-electron chi connectivity index (χ3n) is 3.44. The quantitative estimate of drug-likeness (QED) is 0.754. The highest BCUT2D eigenvalue weighted by atomic mass is 35.5. The molecular formula is C18H15ClN2O3. The van der Waals surface area contributed by atoms with Gasteiger partial charge in [-0.1, -0.05) is 29.8 Å². The Morgan fingerprint density at radius 2 is 1.96 bits per heavy atom. The van der Waals surface area contributed by atoms with Crippen LogP contribution in [0.4, 0.5) is 5.69 Å². The van der Waals surface area contributed by atoms with E-state index in [0.29, 0.717) is 28.1 Å². The molecule has 0 spiro atoms. The number of carbonyl (C=O) groups is 1. The van der Waals surface area contributed by atoms with Crippen LogP contribution in [0.25, 0.3) is 11.5 Å². The van der Waals surface area contributed by atoms with Gasteiger partial charge in [0.05, 0.1) is 12.8 Å². The van der Waals surface area contributed by atoms with Crippen LogP contribution in [0.15, 0.2) is 52.9 Å². The zero-order valence-electron chi connectivity index (χ0n) is 13.2. The number of methoxy groups -OCH3 is 1. The number of rotatable bonds is 4. The summed E-state index contributed by atoms with van der Waals surface area (Å²) in [5.74, 6) is 0.958. The van der Waals surface area contributed by atoms with E-state index in [9.17, 15) is 4.79 Å². The first-order chi connectivity index (χ1) is 11.6. The van der Waals surface area contributed by atoms with Crippen molar-refractivity contribution in [3.8, 4) is 17.2 Å². The number of benzene rings is 2. The summed E-state index contributed by atoms with van der Waals surface area (Å²) in [6.07, 6.45) is 0. The van der Waals surface area contributed by atoms with Crippen molar-refractivity contribution in [2.75, 3.05) is 12.4 Å². The van der Waals surface area contributed by atoms with Gasteiger partial charge in [-0.05, 0) is 37.3 Å². The van der Waals surface area contributed by atoms with Crippen molar-refractivity contribution in [2.45, 2.75) is 6.92 Å². The average Bonchev–Trinajstić information content (AvgIpc) is 2.98. The van der Waals surface area contributed by atoms with Gasteiger partial charge in [0.2, 0.25) is 5.89 Å². The Balaban J connectivity index is 1.89. The minimum absolute atomic E-state index is 0.218. The largest absolute Gasteiger partial charge is 0.495 e. The fourth-order valence-electron chi connectivity index (χ4n) is 2.27. The Morgan fingerprint density at radius 3 is 2.67 bits per heavy atom. The molecule has 0 fully saturated rings. The third kappa shape index (κ3) is 3.26. The SMILES string of the molecule is COc1ccc(Cl)cc1NC(=O)c1nc(-c2ccccc2)oc1C. The van der Waals surface area contributed by atoms with E-state index in [-0.39, 0.29) is 11.6 Å². The van der Waals surface area contributed by atoms with Gasteiger partial charge in [-0.2, -0.15) is 0 Å². The van der Waals surface area contributed by atoms with E-state index in [2.05, 4.69) is 10.3 Å². The molecule has 0 atom stereocenters. The lowest BCUT2D eigenvalue weighted by atomic mass is 10.2. The number of hydrogen-bond acceptors (Lipinski definition) is 4. The van der Waals surface area contributed by atoms with Crippen LogP contribution in [0.3, 0.4) is 0 Å². The highest BCUT2D eigenvalue weighted by molar-refractivity contribution is 6.31. The molecule has 0 unspecified atom stereocenters. The zero-order valence-corrected chi connectivity index (χ0v) is 13.9. The molecule has 0 aliphatic carbocycles. The Kier molecular flexibility index (Phi) is 4.53. The Morgan fingerprint density at radius 1 is 1.21 bits per heavy atom. The number of hydrogen-bond donors (Lipinski definition) is 1. The zero-order chi connectivity index (χ0) is 17.1. The van der Waals surface area contributed by atoms with Gasteiger partial charge in [0.25, 0.3) is 5.91 Å². The molecule has 5 nitrogen and oxygen atoms in total. The molecule has 1 N–H and O–H groups in total. The van der Waals surface area contributed by atoms with Crippen molar-refractivity contribution in [1.82, 2.24) is 4.98 Å². The molecule has 3 aromatic rings. The van der Waals surface area contributed by atoms with Gasteiger partial charge >= 0.3 is 0 Å². The highest BCUT2D eigenvalue weighted by Gasteiger charge is 2.19. The maximum atomic E-state index is 12.5. The third-order valence-corrected chi connectivity index (χ3v) is 3.68. The molecule has 0 aliphatic heterocycles. The molecule has 0 bridgehead atoms. The van der Waals surface area contributed by atoms with E-state index in [0.717, 1.165) is 5.56 Å². The minimum Gasteiger partial charge on any atom is -0.495 e. The molecule has 0 aliphatic rings. The van der Waals surface area contributed by atoms with Crippen LogP contribution in [0.5, 0.6) is 5.75 Å². The first-order valence-corrected chi connectivity index (χ1v) is 7.64. The number of nitrogens with one attached hydrogen (secondary N) is 1. The molecular weight excluding hydrogens is 328 g/mol. The van der Waals surface area contributed by atoms with Crippen LogP contribution in [0.1, 0.15) is 16.2 Å². The van der Waals surface area contributed by atoms with Crippen LogP contribution in [-0.4, -0.2) is 18.0 Å². The van der Waals surface area contributed by atoms with Gasteiger partial charge < -0.3 is 14.5 Å². The molecule has 1 amide bonds. The van der Waals surface area contributed by atoms with Crippen LogP contribution in [0, 0.1) is 6.92 Å². The summed E-state index contributed by atoms with van der Waals surface area (Å²) >= 11 is 5.98.